The van der Waals surface area contributed by atoms with Gasteiger partial charge in [-0.2, -0.15) is 0 Å². The third kappa shape index (κ3) is 4.82. The van der Waals surface area contributed by atoms with E-state index in [-0.39, 0.29) is 12.0 Å². The second-order valence-electron chi connectivity index (χ2n) is 8.34. The van der Waals surface area contributed by atoms with Crippen molar-refractivity contribution < 1.29 is 9.47 Å². The number of hydrogen-bond donors (Lipinski definition) is 0. The lowest BCUT2D eigenvalue weighted by Gasteiger charge is -2.27. The van der Waals surface area contributed by atoms with E-state index in [0.717, 1.165) is 22.8 Å². The molecule has 0 radical (unpaired) electrons. The SMILES string of the molecule is CC(C)Oc1c(C(C)C)c(Oc2ccccc2)cc(-c2ccccc2)c1C(C)C. The first kappa shape index (κ1) is 21.0. The quantitative estimate of drug-likeness (QED) is 0.406. The fourth-order valence-corrected chi connectivity index (χ4v) is 3.70. The molecule has 0 amide bonds. The molecule has 0 atom stereocenters. The van der Waals surface area contributed by atoms with Crippen molar-refractivity contribution in [1.82, 2.24) is 0 Å². The maximum Gasteiger partial charge on any atom is 0.135 e. The summed E-state index contributed by atoms with van der Waals surface area (Å²) in [4.78, 5) is 0. The molecule has 0 saturated heterocycles. The van der Waals surface area contributed by atoms with Gasteiger partial charge in [0, 0.05) is 11.1 Å². The largest absolute Gasteiger partial charge is 0.490 e. The molecule has 0 fully saturated rings. The lowest BCUT2D eigenvalue weighted by Crippen LogP contribution is -2.13. The zero-order valence-electron chi connectivity index (χ0n) is 18.4. The molecule has 29 heavy (non-hydrogen) atoms. The fourth-order valence-electron chi connectivity index (χ4n) is 3.70. The first-order chi connectivity index (χ1) is 13.9. The van der Waals surface area contributed by atoms with Crippen LogP contribution in [0.25, 0.3) is 11.1 Å². The van der Waals surface area contributed by atoms with Gasteiger partial charge in [0.05, 0.1) is 6.10 Å². The molecular formula is C27H32O2. The van der Waals surface area contributed by atoms with Crippen LogP contribution < -0.4 is 9.47 Å². The average molecular weight is 389 g/mol. The molecule has 0 N–H and O–H groups in total. The minimum atomic E-state index is 0.0839. The van der Waals surface area contributed by atoms with E-state index in [1.807, 2.05) is 36.4 Å². The van der Waals surface area contributed by atoms with E-state index in [1.54, 1.807) is 0 Å². The van der Waals surface area contributed by atoms with Crippen molar-refractivity contribution in [1.29, 1.82) is 0 Å². The summed E-state index contributed by atoms with van der Waals surface area (Å²) in [5, 5.41) is 0. The van der Waals surface area contributed by atoms with Crippen molar-refractivity contribution in [3.05, 3.63) is 77.9 Å². The van der Waals surface area contributed by atoms with E-state index in [4.69, 9.17) is 9.47 Å². The highest BCUT2D eigenvalue weighted by atomic mass is 16.5. The van der Waals surface area contributed by atoms with Crippen LogP contribution in [0.15, 0.2) is 66.7 Å². The summed E-state index contributed by atoms with van der Waals surface area (Å²) in [6.07, 6.45) is 0.0839. The molecule has 0 heterocycles. The molecule has 0 aliphatic rings. The number of benzene rings is 3. The molecule has 152 valence electrons. The molecule has 3 aromatic carbocycles. The molecular weight excluding hydrogens is 356 g/mol. The lowest BCUT2D eigenvalue weighted by molar-refractivity contribution is 0.235. The van der Waals surface area contributed by atoms with Crippen LogP contribution in [0.2, 0.25) is 0 Å². The van der Waals surface area contributed by atoms with Gasteiger partial charge in [0.2, 0.25) is 0 Å². The maximum absolute atomic E-state index is 6.46. The Kier molecular flexibility index (Phi) is 6.64. The van der Waals surface area contributed by atoms with E-state index >= 15 is 0 Å². The van der Waals surface area contributed by atoms with Gasteiger partial charge in [-0.25, -0.2) is 0 Å². The molecule has 0 aliphatic heterocycles. The Bertz CT molecular complexity index is 926. The van der Waals surface area contributed by atoms with Gasteiger partial charge in [0.25, 0.3) is 0 Å². The summed E-state index contributed by atoms with van der Waals surface area (Å²) in [6.45, 7) is 13.0. The molecule has 3 rings (SSSR count). The molecule has 0 bridgehead atoms. The van der Waals surface area contributed by atoms with Gasteiger partial charge in [-0.3, -0.25) is 0 Å². The van der Waals surface area contributed by atoms with Crippen molar-refractivity contribution in [2.45, 2.75) is 59.5 Å². The van der Waals surface area contributed by atoms with Crippen LogP contribution in [0.5, 0.6) is 17.2 Å². The summed E-state index contributed by atoms with van der Waals surface area (Å²) < 4.78 is 12.9. The van der Waals surface area contributed by atoms with Crippen LogP contribution in [0.4, 0.5) is 0 Å². The zero-order chi connectivity index (χ0) is 21.0. The topological polar surface area (TPSA) is 18.5 Å². The Morgan fingerprint density at radius 1 is 0.655 bits per heavy atom. The van der Waals surface area contributed by atoms with Crippen molar-refractivity contribution in [3.8, 4) is 28.4 Å². The monoisotopic (exact) mass is 388 g/mol. The summed E-state index contributed by atoms with van der Waals surface area (Å²) in [7, 11) is 0. The number of ether oxygens (including phenoxy) is 2. The minimum Gasteiger partial charge on any atom is -0.490 e. The Hall–Kier alpha value is -2.74. The Balaban J connectivity index is 2.31. The maximum atomic E-state index is 6.46. The summed E-state index contributed by atoms with van der Waals surface area (Å²) in [5.74, 6) is 3.26. The van der Waals surface area contributed by atoms with Crippen LogP contribution in [0.1, 0.15) is 64.5 Å². The summed E-state index contributed by atoms with van der Waals surface area (Å²) in [6, 6.07) is 22.7. The molecule has 0 spiro atoms. The third-order valence-electron chi connectivity index (χ3n) is 4.88. The van der Waals surface area contributed by atoms with Crippen molar-refractivity contribution >= 4 is 0 Å². The second-order valence-corrected chi connectivity index (χ2v) is 8.34. The van der Waals surface area contributed by atoms with Crippen LogP contribution in [0, 0.1) is 0 Å². The molecule has 3 aromatic rings. The van der Waals surface area contributed by atoms with E-state index in [1.165, 1.54) is 16.7 Å². The van der Waals surface area contributed by atoms with Crippen molar-refractivity contribution in [3.63, 3.8) is 0 Å². The molecule has 0 aliphatic carbocycles. The van der Waals surface area contributed by atoms with E-state index in [9.17, 15) is 0 Å². The normalized spacial score (nSPS) is 11.3. The van der Waals surface area contributed by atoms with Gasteiger partial charge in [0.1, 0.15) is 17.2 Å². The van der Waals surface area contributed by atoms with Crippen LogP contribution in [-0.2, 0) is 0 Å². The van der Waals surface area contributed by atoms with Gasteiger partial charge < -0.3 is 9.47 Å². The molecule has 2 nitrogen and oxygen atoms in total. The van der Waals surface area contributed by atoms with Gasteiger partial charge in [-0.15, -0.1) is 0 Å². The number of rotatable bonds is 7. The van der Waals surface area contributed by atoms with Crippen LogP contribution in [0.3, 0.4) is 0 Å². The Morgan fingerprint density at radius 3 is 1.72 bits per heavy atom. The van der Waals surface area contributed by atoms with E-state index in [0.29, 0.717) is 5.92 Å². The van der Waals surface area contributed by atoms with Gasteiger partial charge in [0.15, 0.2) is 0 Å². The highest BCUT2D eigenvalue weighted by Gasteiger charge is 2.26. The highest BCUT2D eigenvalue weighted by Crippen LogP contribution is 2.47. The molecule has 2 heteroatoms. The van der Waals surface area contributed by atoms with E-state index in [2.05, 4.69) is 71.9 Å². The van der Waals surface area contributed by atoms with Crippen molar-refractivity contribution in [2.24, 2.45) is 0 Å². The number of hydrogen-bond acceptors (Lipinski definition) is 2. The average Bonchev–Trinajstić information content (AvgIpc) is 2.68. The van der Waals surface area contributed by atoms with Crippen LogP contribution in [-0.4, -0.2) is 6.10 Å². The number of para-hydroxylation sites is 1. The predicted molar refractivity (Wildman–Crippen MR) is 122 cm³/mol. The first-order valence-electron chi connectivity index (χ1n) is 10.5. The van der Waals surface area contributed by atoms with Crippen molar-refractivity contribution in [2.75, 3.05) is 0 Å². The fraction of sp³-hybridized carbons (Fsp3) is 0.333. The zero-order valence-corrected chi connectivity index (χ0v) is 18.4. The molecule has 0 aromatic heterocycles. The van der Waals surface area contributed by atoms with Gasteiger partial charge in [-0.05, 0) is 55.0 Å². The highest BCUT2D eigenvalue weighted by molar-refractivity contribution is 5.75. The molecule has 0 unspecified atom stereocenters. The van der Waals surface area contributed by atoms with Gasteiger partial charge >= 0.3 is 0 Å². The first-order valence-corrected chi connectivity index (χ1v) is 10.5. The standard InChI is InChI=1S/C27H32O2/c1-18(2)25-23(21-13-9-7-10-14-21)17-24(29-22-15-11-8-12-16-22)26(19(3)4)27(25)28-20(5)6/h7-20H,1-6H3. The lowest BCUT2D eigenvalue weighted by atomic mass is 9.86. The second kappa shape index (κ2) is 9.17. The third-order valence-corrected chi connectivity index (χ3v) is 4.88. The van der Waals surface area contributed by atoms with Crippen LogP contribution >= 0.6 is 0 Å². The Labute approximate surface area is 175 Å². The molecule has 0 saturated carbocycles. The summed E-state index contributed by atoms with van der Waals surface area (Å²) >= 11 is 0. The summed E-state index contributed by atoms with van der Waals surface area (Å²) in [5.41, 5.74) is 4.73. The smallest absolute Gasteiger partial charge is 0.135 e. The Morgan fingerprint density at radius 2 is 1.21 bits per heavy atom. The van der Waals surface area contributed by atoms with E-state index < -0.39 is 0 Å². The van der Waals surface area contributed by atoms with Gasteiger partial charge in [-0.1, -0.05) is 76.2 Å². The minimum absolute atomic E-state index is 0.0839. The predicted octanol–water partition coefficient (Wildman–Crippen LogP) is 8.18.